The Hall–Kier alpha value is -1.54. The van der Waals surface area contributed by atoms with Crippen LogP contribution in [0.15, 0.2) is 17.2 Å². The lowest BCUT2D eigenvalue weighted by molar-refractivity contribution is 0.406. The molecule has 0 radical (unpaired) electrons. The van der Waals surface area contributed by atoms with Crippen LogP contribution >= 0.6 is 0 Å². The number of nitrogens with zero attached hydrogens (tertiary/aromatic N) is 4. The van der Waals surface area contributed by atoms with Crippen LogP contribution in [0.1, 0.15) is 11.3 Å². The van der Waals surface area contributed by atoms with Crippen LogP contribution in [0, 0.1) is 18.3 Å². The second-order valence-electron chi connectivity index (χ2n) is 4.83. The van der Waals surface area contributed by atoms with Gasteiger partial charge in [-0.3, -0.25) is 4.98 Å². The van der Waals surface area contributed by atoms with Crippen molar-refractivity contribution < 1.29 is 16.8 Å². The Bertz CT molecular complexity index is 797. The maximum absolute atomic E-state index is 12.4. The van der Waals surface area contributed by atoms with Crippen molar-refractivity contribution in [2.24, 2.45) is 0 Å². The maximum atomic E-state index is 12.4. The van der Waals surface area contributed by atoms with Gasteiger partial charge in [0.1, 0.15) is 11.0 Å². The first kappa shape index (κ1) is 18.5. The van der Waals surface area contributed by atoms with Crippen molar-refractivity contribution in [3.63, 3.8) is 0 Å². The van der Waals surface area contributed by atoms with Crippen molar-refractivity contribution in [2.45, 2.75) is 11.8 Å². The number of hydrogen-bond donors (Lipinski definition) is 0. The van der Waals surface area contributed by atoms with E-state index >= 15 is 0 Å². The van der Waals surface area contributed by atoms with Gasteiger partial charge in [0.15, 0.2) is 0 Å². The van der Waals surface area contributed by atoms with Gasteiger partial charge in [0, 0.05) is 33.4 Å². The zero-order valence-corrected chi connectivity index (χ0v) is 14.4. The predicted molar refractivity (Wildman–Crippen MR) is 81.0 cm³/mol. The van der Waals surface area contributed by atoms with E-state index in [-0.39, 0.29) is 23.5 Å². The standard InChI is InChI=1S/C12H18N4O4S2/c1-10-11(8-13)7-12(9-14-10)22(19,20)16(3)6-5-15(2)21(4,17)18/h7,9H,5-6H2,1-4H3. The van der Waals surface area contributed by atoms with Crippen molar-refractivity contribution in [3.05, 3.63) is 23.5 Å². The molecule has 8 nitrogen and oxygen atoms in total. The van der Waals surface area contributed by atoms with E-state index in [9.17, 15) is 16.8 Å². The Balaban J connectivity index is 2.97. The first-order valence-corrected chi connectivity index (χ1v) is 9.53. The lowest BCUT2D eigenvalue weighted by Gasteiger charge is -2.20. The van der Waals surface area contributed by atoms with Crippen LogP contribution in [0.5, 0.6) is 0 Å². The van der Waals surface area contributed by atoms with E-state index in [4.69, 9.17) is 5.26 Å². The highest BCUT2D eigenvalue weighted by Crippen LogP contribution is 2.16. The quantitative estimate of drug-likeness (QED) is 0.703. The van der Waals surface area contributed by atoms with Gasteiger partial charge in [0.2, 0.25) is 20.0 Å². The van der Waals surface area contributed by atoms with Crippen molar-refractivity contribution in [1.82, 2.24) is 13.6 Å². The van der Waals surface area contributed by atoms with Gasteiger partial charge in [-0.05, 0) is 13.0 Å². The SMILES string of the molecule is Cc1ncc(S(=O)(=O)N(C)CCN(C)S(C)(=O)=O)cc1C#N. The molecule has 0 fully saturated rings. The molecular weight excluding hydrogens is 328 g/mol. The lowest BCUT2D eigenvalue weighted by atomic mass is 10.2. The van der Waals surface area contributed by atoms with Gasteiger partial charge in [0.25, 0.3) is 0 Å². The average molecular weight is 346 g/mol. The molecule has 0 unspecified atom stereocenters. The van der Waals surface area contributed by atoms with Gasteiger partial charge in [-0.2, -0.15) is 9.57 Å². The third kappa shape index (κ3) is 4.23. The highest BCUT2D eigenvalue weighted by molar-refractivity contribution is 7.89. The van der Waals surface area contributed by atoms with Crippen LogP contribution in [0.3, 0.4) is 0 Å². The van der Waals surface area contributed by atoms with Gasteiger partial charge in [-0.15, -0.1) is 0 Å². The van der Waals surface area contributed by atoms with Crippen LogP contribution < -0.4 is 0 Å². The van der Waals surface area contributed by atoms with Crippen LogP contribution in [0.25, 0.3) is 0 Å². The van der Waals surface area contributed by atoms with Crippen molar-refractivity contribution in [2.75, 3.05) is 33.4 Å². The number of rotatable bonds is 6. The number of pyridine rings is 1. The van der Waals surface area contributed by atoms with Crippen LogP contribution in [0.4, 0.5) is 0 Å². The molecule has 0 amide bonds. The Morgan fingerprint density at radius 1 is 1.18 bits per heavy atom. The lowest BCUT2D eigenvalue weighted by Crippen LogP contribution is -2.37. The zero-order chi connectivity index (χ0) is 17.1. The largest absolute Gasteiger partial charge is 0.259 e. The number of hydrogen-bond acceptors (Lipinski definition) is 6. The highest BCUT2D eigenvalue weighted by atomic mass is 32.2. The minimum absolute atomic E-state index is 0.0122. The number of nitriles is 1. The van der Waals surface area contributed by atoms with Crippen LogP contribution in [0.2, 0.25) is 0 Å². The Morgan fingerprint density at radius 3 is 2.23 bits per heavy atom. The molecule has 0 spiro atoms. The summed E-state index contributed by atoms with van der Waals surface area (Å²) >= 11 is 0. The molecule has 1 heterocycles. The van der Waals surface area contributed by atoms with Crippen LogP contribution in [-0.2, 0) is 20.0 Å². The summed E-state index contributed by atoms with van der Waals surface area (Å²) in [4.78, 5) is 3.80. The number of aromatic nitrogens is 1. The van der Waals surface area contributed by atoms with E-state index in [2.05, 4.69) is 4.98 Å². The summed E-state index contributed by atoms with van der Waals surface area (Å²) < 4.78 is 49.4. The fraction of sp³-hybridized carbons (Fsp3) is 0.500. The number of likely N-dealkylation sites (N-methyl/N-ethyl adjacent to an activating group) is 2. The zero-order valence-electron chi connectivity index (χ0n) is 12.8. The second-order valence-corrected chi connectivity index (χ2v) is 8.96. The fourth-order valence-electron chi connectivity index (χ4n) is 1.52. The first-order valence-electron chi connectivity index (χ1n) is 6.24. The third-order valence-corrected chi connectivity index (χ3v) is 6.32. The van der Waals surface area contributed by atoms with Gasteiger partial charge in [-0.25, -0.2) is 21.1 Å². The Morgan fingerprint density at radius 2 is 1.73 bits per heavy atom. The summed E-state index contributed by atoms with van der Waals surface area (Å²) in [5.74, 6) is 0. The first-order chi connectivity index (χ1) is 10.00. The number of aryl methyl sites for hydroxylation is 1. The van der Waals surface area contributed by atoms with E-state index in [0.29, 0.717) is 5.69 Å². The van der Waals surface area contributed by atoms with Crippen molar-refractivity contribution in [1.29, 1.82) is 5.26 Å². The molecule has 0 aliphatic rings. The molecule has 122 valence electrons. The van der Waals surface area contributed by atoms with E-state index in [1.807, 2.05) is 6.07 Å². The minimum Gasteiger partial charge on any atom is -0.259 e. The molecule has 0 saturated carbocycles. The van der Waals surface area contributed by atoms with Crippen LogP contribution in [-0.4, -0.2) is 63.9 Å². The average Bonchev–Trinajstić information content (AvgIpc) is 2.43. The van der Waals surface area contributed by atoms with Gasteiger partial charge in [0.05, 0.1) is 17.5 Å². The second kappa shape index (κ2) is 6.70. The number of sulfonamides is 2. The van der Waals surface area contributed by atoms with Crippen molar-refractivity contribution >= 4 is 20.0 Å². The topological polar surface area (TPSA) is 111 Å². The summed E-state index contributed by atoms with van der Waals surface area (Å²) in [5.41, 5.74) is 0.628. The summed E-state index contributed by atoms with van der Waals surface area (Å²) in [5, 5.41) is 8.94. The molecule has 0 N–H and O–H groups in total. The molecule has 0 atom stereocenters. The van der Waals surface area contributed by atoms with E-state index in [0.717, 1.165) is 14.9 Å². The molecule has 10 heteroatoms. The van der Waals surface area contributed by atoms with Gasteiger partial charge >= 0.3 is 0 Å². The molecule has 1 rings (SSSR count). The summed E-state index contributed by atoms with van der Waals surface area (Å²) in [6.45, 7) is 1.63. The molecule has 22 heavy (non-hydrogen) atoms. The third-order valence-electron chi connectivity index (χ3n) is 3.19. The van der Waals surface area contributed by atoms with E-state index < -0.39 is 20.0 Å². The summed E-state index contributed by atoms with van der Waals surface area (Å²) in [6.07, 6.45) is 2.23. The Kier molecular flexibility index (Phi) is 5.64. The van der Waals surface area contributed by atoms with Crippen molar-refractivity contribution in [3.8, 4) is 6.07 Å². The molecule has 0 aliphatic heterocycles. The molecule has 0 aromatic carbocycles. The molecule has 0 aliphatic carbocycles. The summed E-state index contributed by atoms with van der Waals surface area (Å²) in [7, 11) is -4.48. The van der Waals surface area contributed by atoms with E-state index in [1.165, 1.54) is 26.4 Å². The summed E-state index contributed by atoms with van der Waals surface area (Å²) in [6, 6.07) is 3.14. The molecular formula is C12H18N4O4S2. The van der Waals surface area contributed by atoms with Gasteiger partial charge < -0.3 is 0 Å². The fourth-order valence-corrected chi connectivity index (χ4v) is 3.06. The minimum atomic E-state index is -3.83. The molecule has 1 aromatic heterocycles. The smallest absolute Gasteiger partial charge is 0.244 e. The highest BCUT2D eigenvalue weighted by Gasteiger charge is 2.23. The van der Waals surface area contributed by atoms with Gasteiger partial charge in [-0.1, -0.05) is 0 Å². The predicted octanol–water partition coefficient (Wildman–Crippen LogP) is -0.226. The molecule has 0 saturated heterocycles. The Labute approximate surface area is 131 Å². The normalized spacial score (nSPS) is 12.6. The maximum Gasteiger partial charge on any atom is 0.244 e. The monoisotopic (exact) mass is 346 g/mol. The molecule has 0 bridgehead atoms. The van der Waals surface area contributed by atoms with E-state index in [1.54, 1.807) is 6.92 Å². The molecule has 1 aromatic rings.